The maximum absolute atomic E-state index is 13.4. The van der Waals surface area contributed by atoms with E-state index in [1.54, 1.807) is 0 Å². The van der Waals surface area contributed by atoms with Gasteiger partial charge in [0.1, 0.15) is 5.82 Å². The largest absolute Gasteiger partial charge is 0.257 e. The van der Waals surface area contributed by atoms with Gasteiger partial charge in [-0.25, -0.2) is 4.39 Å². The molecule has 136 valence electrons. The molecule has 1 atom stereocenters. The highest BCUT2D eigenvalue weighted by Gasteiger charge is 2.29. The van der Waals surface area contributed by atoms with Gasteiger partial charge >= 0.3 is 0 Å². The molecule has 0 fully saturated rings. The Morgan fingerprint density at radius 2 is 1.46 bits per heavy atom. The minimum atomic E-state index is -0.219. The molecular formula is C25H19FN2. The van der Waals surface area contributed by atoms with E-state index in [0.717, 1.165) is 28.9 Å². The van der Waals surface area contributed by atoms with E-state index in [4.69, 9.17) is 5.10 Å². The molecule has 0 saturated carbocycles. The fourth-order valence-electron chi connectivity index (χ4n) is 3.82. The summed E-state index contributed by atoms with van der Waals surface area (Å²) in [6, 6.07) is 31.8. The number of para-hydroxylation sites is 1. The molecule has 0 N–H and O–H groups in total. The smallest absolute Gasteiger partial charge is 0.123 e. The first-order valence-corrected chi connectivity index (χ1v) is 9.44. The Morgan fingerprint density at radius 1 is 0.750 bits per heavy atom. The number of fused-ring (bicyclic) bond motifs is 1. The summed E-state index contributed by atoms with van der Waals surface area (Å²) >= 11 is 0. The van der Waals surface area contributed by atoms with Gasteiger partial charge in [0.2, 0.25) is 0 Å². The number of hydrazone groups is 1. The lowest BCUT2D eigenvalue weighted by molar-refractivity contribution is 0.624. The zero-order chi connectivity index (χ0) is 18.9. The molecule has 0 aliphatic carbocycles. The Kier molecular flexibility index (Phi) is 4.13. The van der Waals surface area contributed by atoms with Crippen LogP contribution in [0.4, 0.5) is 10.1 Å². The Hall–Kier alpha value is -3.46. The van der Waals surface area contributed by atoms with Crippen molar-refractivity contribution in [2.24, 2.45) is 5.10 Å². The van der Waals surface area contributed by atoms with Gasteiger partial charge in [-0.2, -0.15) is 5.10 Å². The fraction of sp³-hybridized carbons (Fsp3) is 0.0800. The van der Waals surface area contributed by atoms with Crippen molar-refractivity contribution in [1.82, 2.24) is 0 Å². The van der Waals surface area contributed by atoms with E-state index in [9.17, 15) is 4.39 Å². The number of hydrogen-bond acceptors (Lipinski definition) is 2. The van der Waals surface area contributed by atoms with Crippen LogP contribution in [0.3, 0.4) is 0 Å². The second-order valence-corrected chi connectivity index (χ2v) is 7.06. The fourth-order valence-corrected chi connectivity index (χ4v) is 3.82. The lowest BCUT2D eigenvalue weighted by atomic mass is 9.97. The molecule has 0 amide bonds. The van der Waals surface area contributed by atoms with Crippen molar-refractivity contribution in [3.63, 3.8) is 0 Å². The number of hydrogen-bond donors (Lipinski definition) is 0. The van der Waals surface area contributed by atoms with E-state index in [2.05, 4.69) is 59.6 Å². The van der Waals surface area contributed by atoms with Crippen molar-refractivity contribution >= 4 is 22.2 Å². The van der Waals surface area contributed by atoms with Crippen LogP contribution in [0.25, 0.3) is 10.8 Å². The quantitative estimate of drug-likeness (QED) is 0.413. The van der Waals surface area contributed by atoms with Crippen molar-refractivity contribution in [2.75, 3.05) is 5.01 Å². The van der Waals surface area contributed by atoms with Gasteiger partial charge in [-0.3, -0.25) is 5.01 Å². The molecule has 0 aromatic heterocycles. The maximum atomic E-state index is 13.4. The summed E-state index contributed by atoms with van der Waals surface area (Å²) in [6.45, 7) is 0. The summed E-state index contributed by atoms with van der Waals surface area (Å²) in [7, 11) is 0. The molecule has 3 heteroatoms. The Labute approximate surface area is 163 Å². The number of halogens is 1. The van der Waals surface area contributed by atoms with Gasteiger partial charge in [-0.05, 0) is 52.2 Å². The van der Waals surface area contributed by atoms with Crippen LogP contribution in [0.15, 0.2) is 102 Å². The average Bonchev–Trinajstić information content (AvgIpc) is 3.20. The van der Waals surface area contributed by atoms with Gasteiger partial charge in [-0.1, -0.05) is 66.7 Å². The second kappa shape index (κ2) is 6.93. The monoisotopic (exact) mass is 366 g/mol. The zero-order valence-electron chi connectivity index (χ0n) is 15.3. The first-order chi connectivity index (χ1) is 13.8. The number of rotatable bonds is 3. The molecule has 1 aliphatic rings. The third kappa shape index (κ3) is 3.05. The first-order valence-electron chi connectivity index (χ1n) is 9.44. The van der Waals surface area contributed by atoms with Crippen LogP contribution in [0, 0.1) is 5.82 Å². The Bertz CT molecular complexity index is 1150. The first kappa shape index (κ1) is 16.7. The predicted molar refractivity (Wildman–Crippen MR) is 113 cm³/mol. The van der Waals surface area contributed by atoms with Crippen molar-refractivity contribution in [3.8, 4) is 0 Å². The summed E-state index contributed by atoms with van der Waals surface area (Å²) in [5.41, 5.74) is 4.27. The van der Waals surface area contributed by atoms with Gasteiger partial charge in [0, 0.05) is 6.42 Å². The topological polar surface area (TPSA) is 15.6 Å². The zero-order valence-corrected chi connectivity index (χ0v) is 15.3. The van der Waals surface area contributed by atoms with Gasteiger partial charge in [0.15, 0.2) is 0 Å². The number of benzene rings is 4. The van der Waals surface area contributed by atoms with Crippen molar-refractivity contribution in [2.45, 2.75) is 12.5 Å². The van der Waals surface area contributed by atoms with Crippen LogP contribution < -0.4 is 5.01 Å². The highest BCUT2D eigenvalue weighted by molar-refractivity contribution is 6.05. The summed E-state index contributed by atoms with van der Waals surface area (Å²) in [5.74, 6) is -0.219. The molecular weight excluding hydrogens is 347 g/mol. The van der Waals surface area contributed by atoms with Crippen molar-refractivity contribution in [1.29, 1.82) is 0 Å². The standard InChI is InChI=1S/C25H19FN2/c26-22-14-12-19(13-15-22)25-17-24(27-28(25)23-8-2-1-3-9-23)21-11-10-18-6-4-5-7-20(18)16-21/h1-16,25H,17H2. The van der Waals surface area contributed by atoms with E-state index < -0.39 is 0 Å². The van der Waals surface area contributed by atoms with E-state index in [1.165, 1.54) is 22.9 Å². The molecule has 0 bridgehead atoms. The third-order valence-corrected chi connectivity index (χ3v) is 5.27. The molecule has 2 nitrogen and oxygen atoms in total. The highest BCUT2D eigenvalue weighted by Crippen LogP contribution is 2.37. The highest BCUT2D eigenvalue weighted by atomic mass is 19.1. The minimum absolute atomic E-state index is 0.0458. The molecule has 5 rings (SSSR count). The van der Waals surface area contributed by atoms with E-state index in [1.807, 2.05) is 30.3 Å². The molecule has 4 aromatic carbocycles. The van der Waals surface area contributed by atoms with Gasteiger partial charge in [0.25, 0.3) is 0 Å². The van der Waals surface area contributed by atoms with Crippen LogP contribution in [0.5, 0.6) is 0 Å². The van der Waals surface area contributed by atoms with Crippen LogP contribution >= 0.6 is 0 Å². The number of nitrogens with zero attached hydrogens (tertiary/aromatic N) is 2. The lowest BCUT2D eigenvalue weighted by Crippen LogP contribution is -2.18. The average molecular weight is 366 g/mol. The summed E-state index contributed by atoms with van der Waals surface area (Å²) in [6.07, 6.45) is 0.777. The van der Waals surface area contributed by atoms with E-state index >= 15 is 0 Å². The number of anilines is 1. The second-order valence-electron chi connectivity index (χ2n) is 7.06. The molecule has 0 saturated heterocycles. The normalized spacial score (nSPS) is 16.4. The molecule has 4 aromatic rings. The molecule has 1 aliphatic heterocycles. The molecule has 1 heterocycles. The van der Waals surface area contributed by atoms with Crippen molar-refractivity contribution < 1.29 is 4.39 Å². The van der Waals surface area contributed by atoms with Gasteiger partial charge in [0.05, 0.1) is 17.4 Å². The Balaban J connectivity index is 1.57. The van der Waals surface area contributed by atoms with Crippen LogP contribution in [-0.4, -0.2) is 5.71 Å². The van der Waals surface area contributed by atoms with E-state index in [-0.39, 0.29) is 11.9 Å². The maximum Gasteiger partial charge on any atom is 0.123 e. The predicted octanol–water partition coefficient (Wildman–Crippen LogP) is 6.33. The summed E-state index contributed by atoms with van der Waals surface area (Å²) < 4.78 is 13.4. The van der Waals surface area contributed by atoms with Gasteiger partial charge in [-0.15, -0.1) is 0 Å². The third-order valence-electron chi connectivity index (χ3n) is 5.27. The SMILES string of the molecule is Fc1ccc(C2CC(c3ccc4ccccc4c3)=NN2c2ccccc2)cc1. The molecule has 0 radical (unpaired) electrons. The summed E-state index contributed by atoms with van der Waals surface area (Å²) in [4.78, 5) is 0. The lowest BCUT2D eigenvalue weighted by Gasteiger charge is -2.23. The molecule has 28 heavy (non-hydrogen) atoms. The van der Waals surface area contributed by atoms with Crippen LogP contribution in [-0.2, 0) is 0 Å². The Morgan fingerprint density at radius 3 is 2.25 bits per heavy atom. The van der Waals surface area contributed by atoms with Crippen LogP contribution in [0.1, 0.15) is 23.6 Å². The molecule has 0 spiro atoms. The van der Waals surface area contributed by atoms with E-state index in [0.29, 0.717) is 0 Å². The minimum Gasteiger partial charge on any atom is -0.257 e. The molecule has 1 unspecified atom stereocenters. The van der Waals surface area contributed by atoms with Gasteiger partial charge < -0.3 is 0 Å². The van der Waals surface area contributed by atoms with Crippen molar-refractivity contribution in [3.05, 3.63) is 114 Å². The summed E-state index contributed by atoms with van der Waals surface area (Å²) in [5, 5.41) is 9.45. The van der Waals surface area contributed by atoms with Crippen LogP contribution in [0.2, 0.25) is 0 Å².